The lowest BCUT2D eigenvalue weighted by Gasteiger charge is -2.31. The van der Waals surface area contributed by atoms with E-state index >= 15 is 0 Å². The normalized spacial score (nSPS) is 15.2. The summed E-state index contributed by atoms with van der Waals surface area (Å²) in [6, 6.07) is 10.7. The zero-order chi connectivity index (χ0) is 29.1. The molecular formula is C34H27N3O4. The molecule has 7 nitrogen and oxygen atoms in total. The summed E-state index contributed by atoms with van der Waals surface area (Å²) in [6.07, 6.45) is 0. The van der Waals surface area contributed by atoms with E-state index < -0.39 is 0 Å². The summed E-state index contributed by atoms with van der Waals surface area (Å²) in [6.45, 7) is 18.5. The van der Waals surface area contributed by atoms with Crippen molar-refractivity contribution in [2.75, 3.05) is 13.1 Å². The van der Waals surface area contributed by atoms with Crippen LogP contribution in [-0.2, 0) is 0 Å². The molecule has 0 atom stereocenters. The third-order valence-corrected chi connectivity index (χ3v) is 8.40. The van der Waals surface area contributed by atoms with E-state index in [2.05, 4.69) is 4.85 Å². The van der Waals surface area contributed by atoms with Crippen molar-refractivity contribution < 1.29 is 19.2 Å². The summed E-state index contributed by atoms with van der Waals surface area (Å²) in [5, 5.41) is 5.64. The molecule has 7 heteroatoms. The number of rotatable bonds is 4. The molecule has 202 valence electrons. The average Bonchev–Trinajstić information content (AvgIpc) is 2.94. The Balaban J connectivity index is 1.66. The van der Waals surface area contributed by atoms with Crippen molar-refractivity contribution in [1.82, 2.24) is 9.80 Å². The molecule has 0 fully saturated rings. The van der Waals surface area contributed by atoms with Crippen LogP contribution in [0.5, 0.6) is 0 Å². The molecule has 41 heavy (non-hydrogen) atoms. The lowest BCUT2D eigenvalue weighted by Crippen LogP contribution is -2.42. The lowest BCUT2D eigenvalue weighted by atomic mass is 9.80. The van der Waals surface area contributed by atoms with Gasteiger partial charge in [0, 0.05) is 46.1 Å². The SMILES string of the molecule is [C-]#[N+]c1cc2c3c(ccc4c5c(C)cc6c7c(ccc(c1c34)c75)C(=O)N(CC(C)C)C6=O)C(=O)N(CC(C)C)C2=O. The number of carbonyl (C=O) groups is 4. The second-order valence-electron chi connectivity index (χ2n) is 12.1. The predicted octanol–water partition coefficient (Wildman–Crippen LogP) is 7.10. The first-order chi connectivity index (χ1) is 19.5. The average molecular weight is 542 g/mol. The molecule has 4 amide bonds. The number of hydrogen-bond acceptors (Lipinski definition) is 4. The van der Waals surface area contributed by atoms with Crippen LogP contribution in [0.4, 0.5) is 5.69 Å². The van der Waals surface area contributed by atoms with Crippen LogP contribution in [0.1, 0.15) is 74.7 Å². The Morgan fingerprint density at radius 3 is 1.54 bits per heavy atom. The van der Waals surface area contributed by atoms with Gasteiger partial charge in [-0.3, -0.25) is 29.0 Å². The van der Waals surface area contributed by atoms with Crippen LogP contribution < -0.4 is 0 Å². The molecule has 2 aliphatic heterocycles. The highest BCUT2D eigenvalue weighted by molar-refractivity contribution is 6.43. The molecule has 0 N–H and O–H groups in total. The highest BCUT2D eigenvalue weighted by atomic mass is 16.2. The van der Waals surface area contributed by atoms with E-state index in [1.165, 1.54) is 9.80 Å². The van der Waals surface area contributed by atoms with E-state index in [4.69, 9.17) is 6.57 Å². The van der Waals surface area contributed by atoms with E-state index in [1.54, 1.807) is 18.2 Å². The molecule has 2 aliphatic rings. The number of aryl methyl sites for hydroxylation is 1. The molecule has 0 saturated heterocycles. The van der Waals surface area contributed by atoms with Crippen LogP contribution in [0.2, 0.25) is 0 Å². The van der Waals surface area contributed by atoms with Crippen molar-refractivity contribution >= 4 is 72.4 Å². The fourth-order valence-electron chi connectivity index (χ4n) is 6.90. The van der Waals surface area contributed by atoms with Crippen LogP contribution in [0.3, 0.4) is 0 Å². The van der Waals surface area contributed by atoms with Crippen molar-refractivity contribution in [2.24, 2.45) is 11.8 Å². The highest BCUT2D eigenvalue weighted by Gasteiger charge is 2.38. The van der Waals surface area contributed by atoms with Gasteiger partial charge in [0.05, 0.1) is 6.57 Å². The summed E-state index contributed by atoms with van der Waals surface area (Å²) in [4.78, 5) is 61.1. The monoisotopic (exact) mass is 541 g/mol. The maximum absolute atomic E-state index is 13.7. The van der Waals surface area contributed by atoms with Crippen LogP contribution in [0.25, 0.3) is 47.9 Å². The van der Waals surface area contributed by atoms with Crippen molar-refractivity contribution in [3.8, 4) is 0 Å². The van der Waals surface area contributed by atoms with Gasteiger partial charge in [-0.1, -0.05) is 39.8 Å². The third-order valence-electron chi connectivity index (χ3n) is 8.40. The minimum Gasteiger partial charge on any atom is -0.274 e. The fraction of sp³-hybridized carbons (Fsp3) is 0.265. The molecule has 0 spiro atoms. The summed E-state index contributed by atoms with van der Waals surface area (Å²) < 4.78 is 0. The zero-order valence-corrected chi connectivity index (χ0v) is 23.5. The van der Waals surface area contributed by atoms with Gasteiger partial charge in [0.1, 0.15) is 0 Å². The summed E-state index contributed by atoms with van der Waals surface area (Å²) in [5.41, 5.74) is 2.90. The molecule has 2 heterocycles. The minimum absolute atomic E-state index is 0.0914. The van der Waals surface area contributed by atoms with Crippen LogP contribution in [0, 0.1) is 25.3 Å². The van der Waals surface area contributed by atoms with Crippen LogP contribution in [-0.4, -0.2) is 46.5 Å². The number of carbonyl (C=O) groups excluding carboxylic acids is 4. The molecule has 5 aromatic rings. The smallest absolute Gasteiger partial charge is 0.261 e. The van der Waals surface area contributed by atoms with Gasteiger partial charge in [-0.25, -0.2) is 4.85 Å². The molecule has 0 bridgehead atoms. The van der Waals surface area contributed by atoms with Gasteiger partial charge in [0.2, 0.25) is 0 Å². The molecule has 0 saturated carbocycles. The van der Waals surface area contributed by atoms with Gasteiger partial charge < -0.3 is 0 Å². The first kappa shape index (κ1) is 25.2. The Hall–Kier alpha value is -4.83. The summed E-state index contributed by atoms with van der Waals surface area (Å²) in [7, 11) is 0. The zero-order valence-electron chi connectivity index (χ0n) is 23.5. The van der Waals surface area contributed by atoms with Crippen LogP contribution >= 0.6 is 0 Å². The van der Waals surface area contributed by atoms with E-state index in [-0.39, 0.29) is 42.0 Å². The molecule has 7 rings (SSSR count). The number of fused-ring (bicyclic) bond motifs is 2. The molecule has 5 aromatic carbocycles. The fourth-order valence-corrected chi connectivity index (χ4v) is 6.90. The number of nitrogens with zero attached hydrogens (tertiary/aromatic N) is 3. The molecule has 0 radical (unpaired) electrons. The Morgan fingerprint density at radius 1 is 0.610 bits per heavy atom. The van der Waals surface area contributed by atoms with E-state index in [0.29, 0.717) is 56.0 Å². The largest absolute Gasteiger partial charge is 0.274 e. The van der Waals surface area contributed by atoms with Crippen molar-refractivity contribution in [3.63, 3.8) is 0 Å². The van der Waals surface area contributed by atoms with Gasteiger partial charge in [-0.15, -0.1) is 0 Å². The predicted molar refractivity (Wildman–Crippen MR) is 159 cm³/mol. The lowest BCUT2D eigenvalue weighted by molar-refractivity contribution is 0.0577. The molecule has 0 aliphatic carbocycles. The van der Waals surface area contributed by atoms with Crippen molar-refractivity contribution in [2.45, 2.75) is 34.6 Å². The van der Waals surface area contributed by atoms with Crippen molar-refractivity contribution in [3.05, 3.63) is 75.6 Å². The standard InChI is InChI=1S/C34H27N3O4/c1-15(2)13-36-31(38)20-10-8-19-28-24(35-6)12-23-27-21(32(39)37(34(23)41)14-16(3)4)9-7-18(30(27)28)25-17(5)11-22(33(36)40)26(20)29(19)25/h7-12,15-16H,13-14H2,1-5H3. The van der Waals surface area contributed by atoms with Gasteiger partial charge in [-0.2, -0.15) is 0 Å². The van der Waals surface area contributed by atoms with Gasteiger partial charge >= 0.3 is 0 Å². The van der Waals surface area contributed by atoms with Crippen LogP contribution in [0.15, 0.2) is 36.4 Å². The number of amides is 4. The molecule has 0 aromatic heterocycles. The quantitative estimate of drug-likeness (QED) is 0.105. The Morgan fingerprint density at radius 2 is 1.05 bits per heavy atom. The number of benzene rings is 5. The first-order valence-electron chi connectivity index (χ1n) is 13.9. The van der Waals surface area contributed by atoms with Gasteiger partial charge in [-0.05, 0) is 80.9 Å². The van der Waals surface area contributed by atoms with Crippen molar-refractivity contribution in [1.29, 1.82) is 0 Å². The Bertz CT molecular complexity index is 2120. The molecule has 0 unspecified atom stereocenters. The second kappa shape index (κ2) is 8.34. The maximum atomic E-state index is 13.7. The highest BCUT2D eigenvalue weighted by Crippen LogP contribution is 2.50. The van der Waals surface area contributed by atoms with Gasteiger partial charge in [0.15, 0.2) is 5.69 Å². The maximum Gasteiger partial charge on any atom is 0.261 e. The van der Waals surface area contributed by atoms with E-state index in [0.717, 1.165) is 27.1 Å². The van der Waals surface area contributed by atoms with E-state index in [1.807, 2.05) is 52.8 Å². The topological polar surface area (TPSA) is 79.1 Å². The number of hydrogen-bond donors (Lipinski definition) is 0. The minimum atomic E-state index is -0.390. The summed E-state index contributed by atoms with van der Waals surface area (Å²) >= 11 is 0. The van der Waals surface area contributed by atoms with Gasteiger partial charge in [0.25, 0.3) is 23.6 Å². The number of imide groups is 2. The molecular weight excluding hydrogens is 514 g/mol. The van der Waals surface area contributed by atoms with E-state index in [9.17, 15) is 19.2 Å². The Kier molecular flexibility index (Phi) is 5.12. The summed E-state index contributed by atoms with van der Waals surface area (Å²) in [5.74, 6) is -1.15. The first-order valence-corrected chi connectivity index (χ1v) is 13.9. The second-order valence-corrected chi connectivity index (χ2v) is 12.1. The Labute approximate surface area is 236 Å². The third kappa shape index (κ3) is 3.13.